The number of amides is 1. The number of carbonyl (C=O) groups is 3. The van der Waals surface area contributed by atoms with Gasteiger partial charge < -0.3 is 38.5 Å². The highest BCUT2D eigenvalue weighted by Gasteiger charge is 2.60. The Labute approximate surface area is 330 Å². The van der Waals surface area contributed by atoms with Crippen molar-refractivity contribution in [2.24, 2.45) is 0 Å². The van der Waals surface area contributed by atoms with Crippen molar-refractivity contribution in [3.63, 3.8) is 0 Å². The van der Waals surface area contributed by atoms with Crippen molar-refractivity contribution in [2.75, 3.05) is 33.3 Å². The summed E-state index contributed by atoms with van der Waals surface area (Å²) < 4.78 is 35.3. The number of thioether (sulfide) groups is 1. The van der Waals surface area contributed by atoms with Crippen LogP contribution in [0.4, 0.5) is 0 Å². The number of hydrogen-bond donors (Lipinski definition) is 2. The number of hydrogen-bond acceptors (Lipinski definition) is 15. The van der Waals surface area contributed by atoms with Crippen LogP contribution in [-0.2, 0) is 20.7 Å². The van der Waals surface area contributed by atoms with Gasteiger partial charge in [-0.15, -0.1) is 11.8 Å². The number of likely N-dealkylation sites (N-methyl/N-ethyl adjacent to an activating group) is 1. The van der Waals surface area contributed by atoms with Crippen LogP contribution in [0.1, 0.15) is 68.0 Å². The lowest BCUT2D eigenvalue weighted by atomic mass is 9.71. The fourth-order valence-electron chi connectivity index (χ4n) is 9.52. The Hall–Kier alpha value is -5.76. The van der Waals surface area contributed by atoms with E-state index >= 15 is 0 Å². The molecule has 0 radical (unpaired) electrons. The fraction of sp³-hybridized carbons (Fsp3) is 0.390. The zero-order chi connectivity index (χ0) is 40.0. The number of ether oxygens (including phenoxy) is 5. The Bertz CT molecular complexity index is 2520. The van der Waals surface area contributed by atoms with Gasteiger partial charge in [-0.25, -0.2) is 9.59 Å². The van der Waals surface area contributed by atoms with Crippen molar-refractivity contribution >= 4 is 40.6 Å². The summed E-state index contributed by atoms with van der Waals surface area (Å²) in [5, 5.41) is 25.6. The van der Waals surface area contributed by atoms with Crippen molar-refractivity contribution in [3.05, 3.63) is 85.8 Å². The van der Waals surface area contributed by atoms with Gasteiger partial charge in [0.2, 0.25) is 6.79 Å². The second kappa shape index (κ2) is 13.7. The molecule has 16 heteroatoms. The highest BCUT2D eigenvalue weighted by molar-refractivity contribution is 7.99. The monoisotopic (exact) mass is 794 g/mol. The number of phenols is 1. The number of phenolic OH excluding ortho intramolecular Hbond substituents is 1. The zero-order valence-electron chi connectivity index (χ0n) is 31.6. The molecule has 7 atom stereocenters. The molecule has 1 aromatic heterocycles. The van der Waals surface area contributed by atoms with Crippen LogP contribution in [0.25, 0.3) is 11.0 Å². The lowest BCUT2D eigenvalue weighted by Gasteiger charge is -2.61. The molecule has 6 aliphatic heterocycles. The molecule has 0 saturated carbocycles. The SMILES string of the molecule is COc1c(C)cc2c(c1O)[C@H]1[C@@H]3[C@@H]4SCC(NC(=O)c5cc6ccccc6oc5=O)C(=O)OC[C@@H](c5c6c(c(C)c(OC(C)=O)c54)OCO6)N3[C@@H](C#N)[C@@H](C2)N1C. The topological polar surface area (TPSA) is 190 Å². The largest absolute Gasteiger partial charge is 0.504 e. The minimum Gasteiger partial charge on any atom is -0.504 e. The van der Waals surface area contributed by atoms with E-state index in [9.17, 15) is 29.5 Å². The molecule has 15 nitrogen and oxygen atoms in total. The van der Waals surface area contributed by atoms with E-state index < -0.39 is 58.9 Å². The lowest BCUT2D eigenvalue weighted by molar-refractivity contribution is -0.151. The number of rotatable bonds is 4. The number of para-hydroxylation sites is 1. The molecule has 0 spiro atoms. The van der Waals surface area contributed by atoms with Crippen molar-refractivity contribution in [2.45, 2.75) is 68.7 Å². The summed E-state index contributed by atoms with van der Waals surface area (Å²) >= 11 is 1.29. The van der Waals surface area contributed by atoms with Crippen LogP contribution in [0.5, 0.6) is 28.7 Å². The number of methoxy groups -OCH3 is 1. The van der Waals surface area contributed by atoms with Gasteiger partial charge in [-0.2, -0.15) is 5.26 Å². The van der Waals surface area contributed by atoms with Crippen LogP contribution in [0.2, 0.25) is 0 Å². The second-order valence-electron chi connectivity index (χ2n) is 14.9. The van der Waals surface area contributed by atoms with Gasteiger partial charge in [0.05, 0.1) is 30.5 Å². The molecular weight excluding hydrogens is 757 g/mol. The van der Waals surface area contributed by atoms with Crippen molar-refractivity contribution in [3.8, 4) is 34.8 Å². The number of aromatic hydroxyl groups is 1. The predicted octanol–water partition coefficient (Wildman–Crippen LogP) is 4.14. The molecule has 1 amide bonds. The third-order valence-corrected chi connectivity index (χ3v) is 13.2. The minimum absolute atomic E-state index is 0.00999. The molecule has 57 heavy (non-hydrogen) atoms. The fourth-order valence-corrected chi connectivity index (χ4v) is 11.0. The standard InChI is InChI=1S/C41H38N4O11S/c1-17-10-21-12-24-25(13-42)45-26-14-52-41(50)23(43-39(48)22-11-20-8-6-7-9-27(20)56-40(22)49)15-57-38(32(45)31(44(24)4)28(21)33(47)34(17)51-5)30-29(26)37-36(53-16-54-37)18(2)35(30)55-19(3)46/h6-11,23-26,31-32,38,47H,12,14-16H2,1-5H3,(H,43,48)/t23?,24-,25+,26+,31+,32-,38-/m1/s1. The molecule has 2 fully saturated rings. The summed E-state index contributed by atoms with van der Waals surface area (Å²) in [4.78, 5) is 57.8. The first-order valence-electron chi connectivity index (χ1n) is 18.5. The number of aryl methyl sites for hydroxylation is 1. The van der Waals surface area contributed by atoms with Crippen LogP contribution >= 0.6 is 11.8 Å². The summed E-state index contributed by atoms with van der Waals surface area (Å²) in [7, 11) is 3.43. The quantitative estimate of drug-likeness (QED) is 0.170. The van der Waals surface area contributed by atoms with E-state index in [1.807, 2.05) is 20.0 Å². The van der Waals surface area contributed by atoms with E-state index in [0.29, 0.717) is 56.9 Å². The van der Waals surface area contributed by atoms with Gasteiger partial charge in [0, 0.05) is 52.4 Å². The predicted molar refractivity (Wildman–Crippen MR) is 204 cm³/mol. The number of carbonyl (C=O) groups excluding carboxylic acids is 3. The number of fused-ring (bicyclic) bond motifs is 11. The zero-order valence-corrected chi connectivity index (χ0v) is 32.4. The van der Waals surface area contributed by atoms with E-state index in [1.165, 1.54) is 31.9 Å². The van der Waals surface area contributed by atoms with Crippen LogP contribution in [0, 0.1) is 25.2 Å². The van der Waals surface area contributed by atoms with Crippen LogP contribution in [0.15, 0.2) is 45.6 Å². The van der Waals surface area contributed by atoms with E-state index in [2.05, 4.69) is 21.2 Å². The Morgan fingerprint density at radius 2 is 1.82 bits per heavy atom. The smallest absolute Gasteiger partial charge is 0.349 e. The summed E-state index contributed by atoms with van der Waals surface area (Å²) in [6, 6.07) is 8.43. The third-order valence-electron chi connectivity index (χ3n) is 11.9. The molecule has 3 aromatic carbocycles. The summed E-state index contributed by atoms with van der Waals surface area (Å²) in [6.07, 6.45) is 0.445. The first kappa shape index (κ1) is 36.9. The van der Waals surface area contributed by atoms with Crippen molar-refractivity contribution < 1.29 is 47.6 Å². The highest BCUT2D eigenvalue weighted by Crippen LogP contribution is 2.64. The van der Waals surface area contributed by atoms with Gasteiger partial charge in [-0.05, 0) is 50.6 Å². The van der Waals surface area contributed by atoms with Gasteiger partial charge in [0.25, 0.3) is 5.91 Å². The van der Waals surface area contributed by atoms with E-state index in [0.717, 1.165) is 11.1 Å². The number of benzene rings is 3. The number of piperazine rings is 1. The first-order valence-corrected chi connectivity index (χ1v) is 19.5. The summed E-state index contributed by atoms with van der Waals surface area (Å²) in [6.45, 7) is 4.54. The van der Waals surface area contributed by atoms with Crippen LogP contribution < -0.4 is 29.9 Å². The Morgan fingerprint density at radius 1 is 1.05 bits per heavy atom. The first-order chi connectivity index (χ1) is 27.4. The molecule has 1 unspecified atom stereocenters. The number of nitriles is 1. The second-order valence-corrected chi connectivity index (χ2v) is 16.1. The normalized spacial score (nSPS) is 26.0. The molecule has 294 valence electrons. The van der Waals surface area contributed by atoms with Gasteiger partial charge in [-0.1, -0.05) is 24.3 Å². The molecular formula is C41H38N4O11S. The maximum Gasteiger partial charge on any atom is 0.349 e. The van der Waals surface area contributed by atoms with Gasteiger partial charge in [0.1, 0.15) is 35.6 Å². The Morgan fingerprint density at radius 3 is 2.58 bits per heavy atom. The molecule has 0 aliphatic carbocycles. The van der Waals surface area contributed by atoms with Crippen molar-refractivity contribution in [1.29, 1.82) is 5.26 Å². The number of esters is 2. The van der Waals surface area contributed by atoms with Gasteiger partial charge in [0.15, 0.2) is 23.0 Å². The third kappa shape index (κ3) is 5.54. The maximum absolute atomic E-state index is 14.0. The van der Waals surface area contributed by atoms with Gasteiger partial charge >= 0.3 is 17.6 Å². The summed E-state index contributed by atoms with van der Waals surface area (Å²) in [5.41, 5.74) is 3.12. The molecule has 2 N–H and O–H groups in total. The molecule has 4 aromatic rings. The number of nitrogens with one attached hydrogen (secondary N) is 1. The average molecular weight is 795 g/mol. The van der Waals surface area contributed by atoms with Gasteiger partial charge in [-0.3, -0.25) is 19.4 Å². The van der Waals surface area contributed by atoms with Crippen molar-refractivity contribution in [1.82, 2.24) is 15.1 Å². The highest BCUT2D eigenvalue weighted by atomic mass is 32.2. The average Bonchev–Trinajstić information content (AvgIpc) is 3.67. The number of nitrogens with zero attached hydrogens (tertiary/aromatic N) is 3. The van der Waals surface area contributed by atoms with Crippen LogP contribution in [0.3, 0.4) is 0 Å². The summed E-state index contributed by atoms with van der Waals surface area (Å²) in [5.74, 6) is -0.849. The van der Waals surface area contributed by atoms with E-state index in [4.69, 9.17) is 28.1 Å². The molecule has 2 saturated heterocycles. The van der Waals surface area contributed by atoms with Crippen LogP contribution in [-0.4, -0.2) is 90.2 Å². The van der Waals surface area contributed by atoms with E-state index in [-0.39, 0.29) is 42.3 Å². The maximum atomic E-state index is 14.0. The minimum atomic E-state index is -1.24. The molecule has 7 heterocycles. The van der Waals surface area contributed by atoms with E-state index in [1.54, 1.807) is 31.2 Å². The molecule has 6 aliphatic rings. The molecule has 4 bridgehead atoms. The molecule has 10 rings (SSSR count). The lowest BCUT2D eigenvalue weighted by Crippen LogP contribution is -2.69. The Balaban J connectivity index is 1.23. The Kier molecular flexibility index (Phi) is 8.87.